The van der Waals surface area contributed by atoms with Crippen molar-refractivity contribution in [1.29, 1.82) is 0 Å². The lowest BCUT2D eigenvalue weighted by molar-refractivity contribution is 0.176. The van der Waals surface area contributed by atoms with Crippen LogP contribution >= 0.6 is 0 Å². The highest BCUT2D eigenvalue weighted by Gasteiger charge is 2.18. The van der Waals surface area contributed by atoms with E-state index >= 15 is 0 Å². The van der Waals surface area contributed by atoms with Gasteiger partial charge in [-0.3, -0.25) is 0 Å². The van der Waals surface area contributed by atoms with Gasteiger partial charge in [-0.05, 0) is 63.0 Å². The number of rotatable bonds is 5. The zero-order chi connectivity index (χ0) is 13.7. The molecule has 2 atom stereocenters. The molecule has 0 aromatic heterocycles. The Hall–Kier alpha value is -0.930. The van der Waals surface area contributed by atoms with Crippen molar-refractivity contribution >= 4 is 0 Å². The van der Waals surface area contributed by atoms with Gasteiger partial charge in [0.1, 0.15) is 5.82 Å². The highest BCUT2D eigenvalue weighted by molar-refractivity contribution is 5.20. The minimum absolute atomic E-state index is 0.149. The van der Waals surface area contributed by atoms with E-state index in [0.29, 0.717) is 0 Å². The van der Waals surface area contributed by atoms with Crippen LogP contribution in [0.2, 0.25) is 0 Å². The molecule has 1 aromatic rings. The summed E-state index contributed by atoms with van der Waals surface area (Å²) >= 11 is 0. The summed E-state index contributed by atoms with van der Waals surface area (Å²) in [7, 11) is 1.95. The number of halogens is 1. The first-order chi connectivity index (χ1) is 9.19. The van der Waals surface area contributed by atoms with Gasteiger partial charge in [-0.2, -0.15) is 0 Å². The van der Waals surface area contributed by atoms with Crippen LogP contribution in [0.5, 0.6) is 0 Å². The van der Waals surface area contributed by atoms with Crippen LogP contribution in [0.25, 0.3) is 0 Å². The topological polar surface area (TPSA) is 15.3 Å². The molecule has 2 unspecified atom stereocenters. The predicted octanol–water partition coefficient (Wildman–Crippen LogP) is 3.21. The van der Waals surface area contributed by atoms with Gasteiger partial charge >= 0.3 is 0 Å². The van der Waals surface area contributed by atoms with Crippen LogP contribution < -0.4 is 5.32 Å². The molecule has 1 aromatic carbocycles. The lowest BCUT2D eigenvalue weighted by Crippen LogP contribution is -2.36. The van der Waals surface area contributed by atoms with E-state index in [1.165, 1.54) is 32.0 Å². The Morgan fingerprint density at radius 1 is 1.47 bits per heavy atom. The summed E-state index contributed by atoms with van der Waals surface area (Å²) in [6, 6.07) is 7.18. The van der Waals surface area contributed by atoms with Crippen molar-refractivity contribution in [3.8, 4) is 0 Å². The molecule has 3 heteroatoms. The van der Waals surface area contributed by atoms with Crippen molar-refractivity contribution in [2.45, 2.75) is 32.2 Å². The maximum absolute atomic E-state index is 13.3. The quantitative estimate of drug-likeness (QED) is 0.878. The molecule has 0 radical (unpaired) electrons. The maximum Gasteiger partial charge on any atom is 0.123 e. The van der Waals surface area contributed by atoms with Crippen molar-refractivity contribution in [3.05, 3.63) is 35.6 Å². The molecule has 1 aliphatic heterocycles. The maximum atomic E-state index is 13.3. The fraction of sp³-hybridized carbons (Fsp3) is 0.625. The number of piperidine rings is 1. The normalized spacial score (nSPS) is 22.4. The smallest absolute Gasteiger partial charge is 0.123 e. The summed E-state index contributed by atoms with van der Waals surface area (Å²) in [6.07, 6.45) is 3.70. The van der Waals surface area contributed by atoms with Gasteiger partial charge in [0.25, 0.3) is 0 Å². The zero-order valence-electron chi connectivity index (χ0n) is 12.0. The largest absolute Gasteiger partial charge is 0.313 e. The second kappa shape index (κ2) is 7.01. The van der Waals surface area contributed by atoms with E-state index < -0.39 is 0 Å². The van der Waals surface area contributed by atoms with Crippen LogP contribution in [0.1, 0.15) is 37.8 Å². The molecule has 0 spiro atoms. The Labute approximate surface area is 116 Å². The van der Waals surface area contributed by atoms with E-state index in [2.05, 4.69) is 17.1 Å². The average Bonchev–Trinajstić information content (AvgIpc) is 2.40. The molecule has 19 heavy (non-hydrogen) atoms. The molecule has 1 saturated heterocycles. The average molecular weight is 264 g/mol. The van der Waals surface area contributed by atoms with Gasteiger partial charge in [0.2, 0.25) is 0 Å². The number of hydrogen-bond donors (Lipinski definition) is 1. The Kier molecular flexibility index (Phi) is 5.34. The molecule has 2 rings (SSSR count). The Morgan fingerprint density at radius 3 is 3.00 bits per heavy atom. The molecule has 0 amide bonds. The SMILES string of the molecule is CNC(CCN1CCCC(C)C1)c1cccc(F)c1. The van der Waals surface area contributed by atoms with E-state index in [1.54, 1.807) is 12.1 Å². The highest BCUT2D eigenvalue weighted by Crippen LogP contribution is 2.20. The van der Waals surface area contributed by atoms with E-state index in [0.717, 1.165) is 24.4 Å². The standard InChI is InChI=1S/C16H25FN2/c1-13-5-4-9-19(12-13)10-8-16(18-2)14-6-3-7-15(17)11-14/h3,6-7,11,13,16,18H,4-5,8-10,12H2,1-2H3. The van der Waals surface area contributed by atoms with Crippen LogP contribution in [0.4, 0.5) is 4.39 Å². The van der Waals surface area contributed by atoms with E-state index in [-0.39, 0.29) is 11.9 Å². The van der Waals surface area contributed by atoms with Crippen LogP contribution in [-0.4, -0.2) is 31.6 Å². The van der Waals surface area contributed by atoms with Gasteiger partial charge in [-0.15, -0.1) is 0 Å². The third kappa shape index (κ3) is 4.29. The Bertz CT molecular complexity index is 394. The van der Waals surface area contributed by atoms with Gasteiger partial charge in [0.05, 0.1) is 0 Å². The number of likely N-dealkylation sites (tertiary alicyclic amines) is 1. The monoisotopic (exact) mass is 264 g/mol. The van der Waals surface area contributed by atoms with Crippen molar-refractivity contribution in [2.24, 2.45) is 5.92 Å². The van der Waals surface area contributed by atoms with Crippen LogP contribution in [0.15, 0.2) is 24.3 Å². The summed E-state index contributed by atoms with van der Waals surface area (Å²) in [5.41, 5.74) is 1.05. The van der Waals surface area contributed by atoms with Gasteiger partial charge in [0, 0.05) is 12.6 Å². The molecular weight excluding hydrogens is 239 g/mol. The van der Waals surface area contributed by atoms with Crippen LogP contribution in [-0.2, 0) is 0 Å². The molecular formula is C16H25FN2. The van der Waals surface area contributed by atoms with Crippen LogP contribution in [0.3, 0.4) is 0 Å². The van der Waals surface area contributed by atoms with E-state index in [4.69, 9.17) is 0 Å². The first kappa shape index (κ1) is 14.5. The van der Waals surface area contributed by atoms with Gasteiger partial charge in [-0.1, -0.05) is 19.1 Å². The van der Waals surface area contributed by atoms with Gasteiger partial charge in [-0.25, -0.2) is 4.39 Å². The summed E-state index contributed by atoms with van der Waals surface area (Å²) in [5, 5.41) is 3.30. The van der Waals surface area contributed by atoms with Crippen molar-refractivity contribution < 1.29 is 4.39 Å². The Morgan fingerprint density at radius 2 is 2.32 bits per heavy atom. The molecule has 2 nitrogen and oxygen atoms in total. The minimum atomic E-state index is -0.149. The van der Waals surface area contributed by atoms with Crippen LogP contribution in [0, 0.1) is 11.7 Å². The third-order valence-corrected chi connectivity index (χ3v) is 4.07. The Balaban J connectivity index is 1.89. The highest BCUT2D eigenvalue weighted by atomic mass is 19.1. The second-order valence-corrected chi connectivity index (χ2v) is 5.73. The molecule has 1 N–H and O–H groups in total. The van der Waals surface area contributed by atoms with Gasteiger partial charge in [0.15, 0.2) is 0 Å². The summed E-state index contributed by atoms with van der Waals surface area (Å²) in [6.45, 7) is 5.84. The minimum Gasteiger partial charge on any atom is -0.313 e. The second-order valence-electron chi connectivity index (χ2n) is 5.73. The van der Waals surface area contributed by atoms with E-state index in [9.17, 15) is 4.39 Å². The fourth-order valence-corrected chi connectivity index (χ4v) is 3.00. The third-order valence-electron chi connectivity index (χ3n) is 4.07. The summed E-state index contributed by atoms with van der Waals surface area (Å²) < 4.78 is 13.3. The van der Waals surface area contributed by atoms with Crippen molar-refractivity contribution in [2.75, 3.05) is 26.7 Å². The number of nitrogens with one attached hydrogen (secondary N) is 1. The number of hydrogen-bond acceptors (Lipinski definition) is 2. The predicted molar refractivity (Wildman–Crippen MR) is 77.7 cm³/mol. The molecule has 1 heterocycles. The zero-order valence-corrected chi connectivity index (χ0v) is 12.0. The molecule has 106 valence electrons. The lowest BCUT2D eigenvalue weighted by Gasteiger charge is -2.32. The van der Waals surface area contributed by atoms with Crippen molar-refractivity contribution in [1.82, 2.24) is 10.2 Å². The molecule has 0 saturated carbocycles. The molecule has 1 aliphatic rings. The molecule has 0 bridgehead atoms. The van der Waals surface area contributed by atoms with Gasteiger partial charge < -0.3 is 10.2 Å². The van der Waals surface area contributed by atoms with E-state index in [1.807, 2.05) is 13.1 Å². The van der Waals surface area contributed by atoms with Crippen molar-refractivity contribution in [3.63, 3.8) is 0 Å². The fourth-order valence-electron chi connectivity index (χ4n) is 3.00. The number of nitrogens with zero attached hydrogens (tertiary/aromatic N) is 1. The summed E-state index contributed by atoms with van der Waals surface area (Å²) in [4.78, 5) is 2.54. The summed E-state index contributed by atoms with van der Waals surface area (Å²) in [5.74, 6) is 0.667. The molecule has 0 aliphatic carbocycles. The lowest BCUT2D eigenvalue weighted by atomic mass is 9.99. The molecule has 1 fully saturated rings. The first-order valence-corrected chi connectivity index (χ1v) is 7.34. The first-order valence-electron chi connectivity index (χ1n) is 7.34. The number of benzene rings is 1.